The van der Waals surface area contributed by atoms with Crippen molar-refractivity contribution in [3.8, 4) is 11.5 Å². The van der Waals surface area contributed by atoms with Gasteiger partial charge in [0.15, 0.2) is 0 Å². The number of carboxylic acids is 1. The van der Waals surface area contributed by atoms with Crippen molar-refractivity contribution in [1.82, 2.24) is 0 Å². The van der Waals surface area contributed by atoms with Gasteiger partial charge in [-0.2, -0.15) is 0 Å². The van der Waals surface area contributed by atoms with Gasteiger partial charge >= 0.3 is 5.97 Å². The van der Waals surface area contributed by atoms with Crippen LogP contribution in [0.15, 0.2) is 48.5 Å². The third-order valence-corrected chi connectivity index (χ3v) is 3.45. The molecule has 5 heteroatoms. The molecular formula is C18H17ClO4. The molecule has 1 N–H and O–H groups in total. The second kappa shape index (κ2) is 8.25. The fraction of sp³-hybridized carbons (Fsp3) is 0.167. The minimum atomic E-state index is -0.983. The van der Waals surface area contributed by atoms with Gasteiger partial charge in [-0.1, -0.05) is 23.7 Å². The molecule has 0 bridgehead atoms. The SMILES string of the molecule is Cc1cc(OCCOc2cccc(C=CC(=O)O)c2)ccc1Cl. The maximum atomic E-state index is 10.5. The summed E-state index contributed by atoms with van der Waals surface area (Å²) in [4.78, 5) is 10.5. The van der Waals surface area contributed by atoms with E-state index in [9.17, 15) is 4.79 Å². The maximum absolute atomic E-state index is 10.5. The van der Waals surface area contributed by atoms with Crippen molar-refractivity contribution >= 4 is 23.6 Å². The van der Waals surface area contributed by atoms with Gasteiger partial charge in [0.1, 0.15) is 24.7 Å². The number of aryl methyl sites for hydroxylation is 1. The van der Waals surface area contributed by atoms with E-state index in [1.54, 1.807) is 24.3 Å². The maximum Gasteiger partial charge on any atom is 0.328 e. The summed E-state index contributed by atoms with van der Waals surface area (Å²) in [5.74, 6) is 0.421. The van der Waals surface area contributed by atoms with Gasteiger partial charge in [-0.15, -0.1) is 0 Å². The molecular weight excluding hydrogens is 316 g/mol. The van der Waals surface area contributed by atoms with Gasteiger partial charge in [-0.3, -0.25) is 0 Å². The highest BCUT2D eigenvalue weighted by atomic mass is 35.5. The minimum Gasteiger partial charge on any atom is -0.490 e. The van der Waals surface area contributed by atoms with Crippen LogP contribution in [0.2, 0.25) is 5.02 Å². The van der Waals surface area contributed by atoms with Gasteiger partial charge in [0, 0.05) is 11.1 Å². The molecule has 0 amide bonds. The molecule has 2 aromatic carbocycles. The van der Waals surface area contributed by atoms with Crippen LogP contribution in [0.1, 0.15) is 11.1 Å². The van der Waals surface area contributed by atoms with Crippen molar-refractivity contribution in [3.05, 3.63) is 64.7 Å². The van der Waals surface area contributed by atoms with Crippen molar-refractivity contribution in [2.45, 2.75) is 6.92 Å². The normalized spacial score (nSPS) is 10.7. The van der Waals surface area contributed by atoms with E-state index < -0.39 is 5.97 Å². The Hall–Kier alpha value is -2.46. The van der Waals surface area contributed by atoms with Crippen molar-refractivity contribution < 1.29 is 19.4 Å². The van der Waals surface area contributed by atoms with Crippen LogP contribution in [-0.2, 0) is 4.79 Å². The van der Waals surface area contributed by atoms with Gasteiger partial charge < -0.3 is 14.6 Å². The van der Waals surface area contributed by atoms with E-state index in [-0.39, 0.29) is 0 Å². The molecule has 2 rings (SSSR count). The molecule has 0 saturated carbocycles. The molecule has 4 nitrogen and oxygen atoms in total. The summed E-state index contributed by atoms with van der Waals surface area (Å²) in [6.45, 7) is 2.70. The summed E-state index contributed by atoms with van der Waals surface area (Å²) in [5.41, 5.74) is 1.72. The summed E-state index contributed by atoms with van der Waals surface area (Å²) in [5, 5.41) is 9.33. The summed E-state index contributed by atoms with van der Waals surface area (Å²) in [6.07, 6.45) is 2.60. The molecule has 0 saturated heterocycles. The lowest BCUT2D eigenvalue weighted by atomic mass is 10.2. The predicted octanol–water partition coefficient (Wildman–Crippen LogP) is 4.20. The lowest BCUT2D eigenvalue weighted by Gasteiger charge is -2.09. The first-order chi connectivity index (χ1) is 11.0. The van der Waals surface area contributed by atoms with Crippen molar-refractivity contribution in [1.29, 1.82) is 0 Å². The first-order valence-corrected chi connectivity index (χ1v) is 7.45. The number of rotatable bonds is 7. The van der Waals surface area contributed by atoms with Crippen molar-refractivity contribution in [2.24, 2.45) is 0 Å². The monoisotopic (exact) mass is 332 g/mol. The number of aliphatic carboxylic acids is 1. The highest BCUT2D eigenvalue weighted by Crippen LogP contribution is 2.21. The Kier molecular flexibility index (Phi) is 6.06. The molecule has 0 aliphatic heterocycles. The van der Waals surface area contributed by atoms with Gasteiger partial charge in [0.05, 0.1) is 0 Å². The summed E-state index contributed by atoms with van der Waals surface area (Å²) in [6, 6.07) is 12.7. The van der Waals surface area contributed by atoms with Crippen LogP contribution in [0.25, 0.3) is 6.08 Å². The lowest BCUT2D eigenvalue weighted by molar-refractivity contribution is -0.131. The quantitative estimate of drug-likeness (QED) is 0.609. The van der Waals surface area contributed by atoms with Crippen molar-refractivity contribution in [3.63, 3.8) is 0 Å². The molecule has 0 fully saturated rings. The van der Waals surface area contributed by atoms with Crippen LogP contribution in [0.4, 0.5) is 0 Å². The molecule has 0 unspecified atom stereocenters. The number of hydrogen-bond acceptors (Lipinski definition) is 3. The Morgan fingerprint density at radius 2 is 1.83 bits per heavy atom. The Labute approximate surface area is 139 Å². The molecule has 0 aromatic heterocycles. The predicted molar refractivity (Wildman–Crippen MR) is 90.3 cm³/mol. The van der Waals surface area contributed by atoms with Crippen LogP contribution in [0, 0.1) is 6.92 Å². The third-order valence-electron chi connectivity index (χ3n) is 3.03. The standard InChI is InChI=1S/C18H17ClO4/c1-13-11-16(6-7-17(13)19)23-10-9-22-15-4-2-3-14(12-15)5-8-18(20)21/h2-8,11-12H,9-10H2,1H3,(H,20,21). The molecule has 0 spiro atoms. The van der Waals surface area contributed by atoms with Crippen LogP contribution in [0.3, 0.4) is 0 Å². The number of hydrogen-bond donors (Lipinski definition) is 1. The van der Waals surface area contributed by atoms with E-state index in [0.29, 0.717) is 24.0 Å². The molecule has 120 valence electrons. The van der Waals surface area contributed by atoms with Crippen molar-refractivity contribution in [2.75, 3.05) is 13.2 Å². The van der Waals surface area contributed by atoms with Crippen LogP contribution < -0.4 is 9.47 Å². The van der Waals surface area contributed by atoms with E-state index >= 15 is 0 Å². The smallest absolute Gasteiger partial charge is 0.328 e. The van der Waals surface area contributed by atoms with E-state index in [1.165, 1.54) is 6.08 Å². The van der Waals surface area contributed by atoms with E-state index in [0.717, 1.165) is 23.0 Å². The Morgan fingerprint density at radius 1 is 1.13 bits per heavy atom. The number of benzene rings is 2. The zero-order valence-electron chi connectivity index (χ0n) is 12.7. The number of carbonyl (C=O) groups is 1. The lowest BCUT2D eigenvalue weighted by Crippen LogP contribution is -2.09. The van der Waals surface area contributed by atoms with Gasteiger partial charge in [0.25, 0.3) is 0 Å². The fourth-order valence-corrected chi connectivity index (χ4v) is 2.02. The average molecular weight is 333 g/mol. The van der Waals surface area contributed by atoms with Gasteiger partial charge in [0.2, 0.25) is 0 Å². The highest BCUT2D eigenvalue weighted by molar-refractivity contribution is 6.31. The zero-order chi connectivity index (χ0) is 16.7. The molecule has 0 radical (unpaired) electrons. The minimum absolute atomic E-state index is 0.383. The van der Waals surface area contributed by atoms with E-state index in [2.05, 4.69) is 0 Å². The number of halogens is 1. The molecule has 0 aliphatic carbocycles. The summed E-state index contributed by atoms with van der Waals surface area (Å²) < 4.78 is 11.2. The second-order valence-corrected chi connectivity index (χ2v) is 5.26. The molecule has 0 atom stereocenters. The summed E-state index contributed by atoms with van der Waals surface area (Å²) >= 11 is 5.96. The van der Waals surface area contributed by atoms with Gasteiger partial charge in [-0.25, -0.2) is 4.79 Å². The Morgan fingerprint density at radius 3 is 2.48 bits per heavy atom. The number of carboxylic acid groups (broad SMARTS) is 1. The first-order valence-electron chi connectivity index (χ1n) is 7.07. The molecule has 23 heavy (non-hydrogen) atoms. The topological polar surface area (TPSA) is 55.8 Å². The average Bonchev–Trinajstić information content (AvgIpc) is 2.53. The Balaban J connectivity index is 1.83. The molecule has 0 heterocycles. The van der Waals surface area contributed by atoms with Crippen LogP contribution in [0.5, 0.6) is 11.5 Å². The molecule has 2 aromatic rings. The molecule has 0 aliphatic rings. The Bertz CT molecular complexity index is 710. The fourth-order valence-electron chi connectivity index (χ4n) is 1.90. The number of ether oxygens (including phenoxy) is 2. The largest absolute Gasteiger partial charge is 0.490 e. The van der Waals surface area contributed by atoms with Gasteiger partial charge in [-0.05, 0) is 54.5 Å². The third kappa shape index (κ3) is 5.68. The summed E-state index contributed by atoms with van der Waals surface area (Å²) in [7, 11) is 0. The van der Waals surface area contributed by atoms with E-state index in [4.69, 9.17) is 26.2 Å². The second-order valence-electron chi connectivity index (χ2n) is 4.85. The van der Waals surface area contributed by atoms with Crippen LogP contribution >= 0.6 is 11.6 Å². The van der Waals surface area contributed by atoms with E-state index in [1.807, 2.05) is 25.1 Å². The van der Waals surface area contributed by atoms with Crippen LogP contribution in [-0.4, -0.2) is 24.3 Å². The first kappa shape index (κ1) is 16.9. The zero-order valence-corrected chi connectivity index (χ0v) is 13.4. The highest BCUT2D eigenvalue weighted by Gasteiger charge is 2.00.